The number of amides is 1. The van der Waals surface area contributed by atoms with Gasteiger partial charge in [-0.2, -0.15) is 4.98 Å². The number of carbonyl (C=O) groups excluding carboxylic acids is 1. The van der Waals surface area contributed by atoms with Crippen molar-refractivity contribution >= 4 is 17.4 Å². The molecule has 1 aromatic carbocycles. The van der Waals surface area contributed by atoms with Crippen molar-refractivity contribution in [2.45, 2.75) is 19.3 Å². The van der Waals surface area contributed by atoms with E-state index >= 15 is 0 Å². The van der Waals surface area contributed by atoms with Crippen molar-refractivity contribution in [3.05, 3.63) is 75.5 Å². The molecule has 0 spiro atoms. The Labute approximate surface area is 136 Å². The van der Waals surface area contributed by atoms with Crippen molar-refractivity contribution in [3.8, 4) is 0 Å². The number of nitrogens with one attached hydrogen (secondary N) is 1. The first-order chi connectivity index (χ1) is 11.5. The van der Waals surface area contributed by atoms with E-state index in [0.717, 1.165) is 11.1 Å². The Morgan fingerprint density at radius 1 is 1.21 bits per heavy atom. The van der Waals surface area contributed by atoms with Gasteiger partial charge in [0.2, 0.25) is 5.91 Å². The number of fused-ring (bicyclic) bond motifs is 3. The van der Waals surface area contributed by atoms with E-state index < -0.39 is 5.92 Å². The number of pyridine rings is 1. The van der Waals surface area contributed by atoms with Crippen LogP contribution in [0.4, 0.5) is 10.2 Å². The molecule has 3 heterocycles. The molecule has 4 rings (SSSR count). The highest BCUT2D eigenvalue weighted by Crippen LogP contribution is 2.35. The van der Waals surface area contributed by atoms with Gasteiger partial charge in [-0.05, 0) is 36.2 Å². The molecule has 1 N–H and O–H groups in total. The summed E-state index contributed by atoms with van der Waals surface area (Å²) in [5, 5.41) is 2.79. The largest absolute Gasteiger partial charge is 0.311 e. The molecule has 5 nitrogen and oxygen atoms in total. The minimum absolute atomic E-state index is 0.132. The van der Waals surface area contributed by atoms with Crippen molar-refractivity contribution in [2.24, 2.45) is 0 Å². The standard InChI is InChI=1S/C18H14FN3O2/c1-10-3-2-8-22-16(10)21-18(24)15-13(9-14(23)20-17(15)22)11-4-6-12(19)7-5-11/h2-8,13H,9H2,1H3,(H,20,23)/t13-/m1/s1. The van der Waals surface area contributed by atoms with Crippen LogP contribution in [0.2, 0.25) is 0 Å². The van der Waals surface area contributed by atoms with Crippen molar-refractivity contribution in [1.82, 2.24) is 9.38 Å². The van der Waals surface area contributed by atoms with E-state index in [4.69, 9.17) is 0 Å². The molecule has 3 aromatic rings. The summed E-state index contributed by atoms with van der Waals surface area (Å²) >= 11 is 0. The van der Waals surface area contributed by atoms with Gasteiger partial charge in [0.05, 0.1) is 5.56 Å². The van der Waals surface area contributed by atoms with Crippen molar-refractivity contribution in [1.29, 1.82) is 0 Å². The number of nitrogens with zero attached hydrogens (tertiary/aromatic N) is 2. The van der Waals surface area contributed by atoms with Gasteiger partial charge in [-0.25, -0.2) is 4.39 Å². The molecule has 2 aromatic heterocycles. The average Bonchev–Trinajstić information content (AvgIpc) is 2.56. The molecule has 0 radical (unpaired) electrons. The predicted octanol–water partition coefficient (Wildman–Crippen LogP) is 2.62. The molecule has 120 valence electrons. The molecule has 0 saturated heterocycles. The van der Waals surface area contributed by atoms with Gasteiger partial charge < -0.3 is 5.32 Å². The molecule has 1 amide bonds. The zero-order valence-corrected chi connectivity index (χ0v) is 12.9. The fraction of sp³-hybridized carbons (Fsp3) is 0.167. The maximum absolute atomic E-state index is 13.2. The third-order valence-corrected chi connectivity index (χ3v) is 4.36. The van der Waals surface area contributed by atoms with Gasteiger partial charge in [-0.1, -0.05) is 18.2 Å². The second-order valence-electron chi connectivity index (χ2n) is 5.92. The SMILES string of the molecule is Cc1cccn2c3c(c(=O)nc12)[C@@H](c1ccc(F)cc1)CC(=O)N3. The lowest BCUT2D eigenvalue weighted by molar-refractivity contribution is -0.116. The minimum atomic E-state index is -0.438. The van der Waals surface area contributed by atoms with Crippen LogP contribution in [0.3, 0.4) is 0 Å². The molecule has 0 fully saturated rings. The summed E-state index contributed by atoms with van der Waals surface area (Å²) in [5.74, 6) is -0.535. The molecule has 0 aliphatic carbocycles. The molecular formula is C18H14FN3O2. The van der Waals surface area contributed by atoms with E-state index in [2.05, 4.69) is 10.3 Å². The summed E-state index contributed by atoms with van der Waals surface area (Å²) in [4.78, 5) is 29.0. The zero-order valence-electron chi connectivity index (χ0n) is 12.9. The molecule has 24 heavy (non-hydrogen) atoms. The monoisotopic (exact) mass is 323 g/mol. The van der Waals surface area contributed by atoms with Crippen LogP contribution in [0.25, 0.3) is 5.65 Å². The third kappa shape index (κ3) is 2.19. The van der Waals surface area contributed by atoms with Crippen LogP contribution in [0, 0.1) is 12.7 Å². The number of carbonyl (C=O) groups is 1. The Bertz CT molecular complexity index is 1020. The highest BCUT2D eigenvalue weighted by Gasteiger charge is 2.31. The van der Waals surface area contributed by atoms with Crippen LogP contribution in [0.1, 0.15) is 29.0 Å². The van der Waals surface area contributed by atoms with Crippen LogP contribution in [-0.4, -0.2) is 15.3 Å². The lowest BCUT2D eigenvalue weighted by atomic mass is 9.86. The number of benzene rings is 1. The number of halogens is 1. The Morgan fingerprint density at radius 2 is 1.96 bits per heavy atom. The Balaban J connectivity index is 2.02. The average molecular weight is 323 g/mol. The Hall–Kier alpha value is -3.02. The summed E-state index contributed by atoms with van der Waals surface area (Å²) in [5.41, 5.74) is 2.15. The molecule has 0 bridgehead atoms. The van der Waals surface area contributed by atoms with Crippen molar-refractivity contribution < 1.29 is 9.18 Å². The fourth-order valence-electron chi connectivity index (χ4n) is 3.21. The van der Waals surface area contributed by atoms with E-state index in [1.165, 1.54) is 12.1 Å². The molecule has 0 unspecified atom stereocenters. The number of hydrogen-bond acceptors (Lipinski definition) is 3. The van der Waals surface area contributed by atoms with Gasteiger partial charge >= 0.3 is 0 Å². The number of anilines is 1. The molecular weight excluding hydrogens is 309 g/mol. The van der Waals surface area contributed by atoms with Crippen LogP contribution < -0.4 is 10.9 Å². The summed E-state index contributed by atoms with van der Waals surface area (Å²) < 4.78 is 14.9. The maximum Gasteiger partial charge on any atom is 0.279 e. The highest BCUT2D eigenvalue weighted by molar-refractivity contribution is 5.94. The zero-order chi connectivity index (χ0) is 16.8. The lowest BCUT2D eigenvalue weighted by Gasteiger charge is -2.26. The fourth-order valence-corrected chi connectivity index (χ4v) is 3.21. The first kappa shape index (κ1) is 14.6. The first-order valence-corrected chi connectivity index (χ1v) is 7.62. The summed E-state index contributed by atoms with van der Waals surface area (Å²) in [6.07, 6.45) is 1.90. The lowest BCUT2D eigenvalue weighted by Crippen LogP contribution is -2.32. The Morgan fingerprint density at radius 3 is 2.71 bits per heavy atom. The molecule has 6 heteroatoms. The van der Waals surface area contributed by atoms with E-state index in [1.807, 2.05) is 19.1 Å². The van der Waals surface area contributed by atoms with Crippen molar-refractivity contribution in [2.75, 3.05) is 5.32 Å². The highest BCUT2D eigenvalue weighted by atomic mass is 19.1. The molecule has 1 aliphatic heterocycles. The van der Waals surface area contributed by atoms with Gasteiger partial charge in [0, 0.05) is 18.5 Å². The van der Waals surface area contributed by atoms with E-state index in [1.54, 1.807) is 22.7 Å². The van der Waals surface area contributed by atoms with E-state index in [-0.39, 0.29) is 23.7 Å². The molecule has 0 saturated carbocycles. The predicted molar refractivity (Wildman–Crippen MR) is 87.7 cm³/mol. The van der Waals surface area contributed by atoms with Crippen LogP contribution in [-0.2, 0) is 4.79 Å². The molecule has 1 atom stereocenters. The van der Waals surface area contributed by atoms with E-state index in [0.29, 0.717) is 17.0 Å². The van der Waals surface area contributed by atoms with Crippen LogP contribution in [0.15, 0.2) is 47.4 Å². The number of rotatable bonds is 1. The van der Waals surface area contributed by atoms with Gasteiger partial charge in [-0.15, -0.1) is 0 Å². The quantitative estimate of drug-likeness (QED) is 0.749. The van der Waals surface area contributed by atoms with Crippen LogP contribution in [0.5, 0.6) is 0 Å². The second kappa shape index (κ2) is 5.26. The van der Waals surface area contributed by atoms with Crippen LogP contribution >= 0.6 is 0 Å². The summed E-state index contributed by atoms with van der Waals surface area (Å²) in [6, 6.07) is 9.56. The first-order valence-electron chi connectivity index (χ1n) is 7.62. The normalized spacial score (nSPS) is 16.8. The summed E-state index contributed by atoms with van der Waals surface area (Å²) in [7, 11) is 0. The number of aryl methyl sites for hydroxylation is 1. The minimum Gasteiger partial charge on any atom is -0.311 e. The smallest absolute Gasteiger partial charge is 0.279 e. The van der Waals surface area contributed by atoms with Gasteiger partial charge in [0.15, 0.2) is 0 Å². The third-order valence-electron chi connectivity index (χ3n) is 4.36. The van der Waals surface area contributed by atoms with Crippen molar-refractivity contribution in [3.63, 3.8) is 0 Å². The maximum atomic E-state index is 13.2. The molecule has 1 aliphatic rings. The van der Waals surface area contributed by atoms with Gasteiger partial charge in [-0.3, -0.25) is 14.0 Å². The number of hydrogen-bond donors (Lipinski definition) is 1. The number of aromatic nitrogens is 2. The second-order valence-corrected chi connectivity index (χ2v) is 5.92. The van der Waals surface area contributed by atoms with Gasteiger partial charge in [0.1, 0.15) is 17.3 Å². The summed E-state index contributed by atoms with van der Waals surface area (Å²) in [6.45, 7) is 1.86. The Kier molecular flexibility index (Phi) is 3.19. The topological polar surface area (TPSA) is 63.5 Å². The van der Waals surface area contributed by atoms with Gasteiger partial charge in [0.25, 0.3) is 5.56 Å². The van der Waals surface area contributed by atoms with E-state index in [9.17, 15) is 14.0 Å².